The highest BCUT2D eigenvalue weighted by Crippen LogP contribution is 2.32. The number of nitrogens with zero attached hydrogens (tertiary/aromatic N) is 1. The minimum atomic E-state index is -4.66. The molecule has 0 spiro atoms. The molecule has 10 heteroatoms. The molecule has 0 aliphatic carbocycles. The Kier molecular flexibility index (Phi) is 4.52. The molecule has 0 amide bonds. The van der Waals surface area contributed by atoms with Gasteiger partial charge in [-0.3, -0.25) is 10.1 Å². The molecule has 0 radical (unpaired) electrons. The molecule has 0 fully saturated rings. The Morgan fingerprint density at radius 2 is 1.79 bits per heavy atom. The van der Waals surface area contributed by atoms with Crippen molar-refractivity contribution in [2.75, 3.05) is 0 Å². The number of hydrogen-bond donors (Lipinski definition) is 0. The van der Waals surface area contributed by atoms with Crippen LogP contribution < -0.4 is 4.18 Å². The van der Waals surface area contributed by atoms with Gasteiger partial charge in [0, 0.05) is 12.1 Å². The highest BCUT2D eigenvalue weighted by molar-refractivity contribution is 7.87. The second-order valence-electron chi connectivity index (χ2n) is 4.77. The summed E-state index contributed by atoms with van der Waals surface area (Å²) in [5.41, 5.74) is -1.40. The summed E-state index contributed by atoms with van der Waals surface area (Å²) in [5.74, 6) is -0.546. The maximum Gasteiger partial charge on any atom is 0.416 e. The van der Waals surface area contributed by atoms with E-state index >= 15 is 0 Å². The van der Waals surface area contributed by atoms with E-state index in [2.05, 4.69) is 4.18 Å². The number of alkyl halides is 3. The average molecular weight is 361 g/mol. The van der Waals surface area contributed by atoms with Gasteiger partial charge in [0.15, 0.2) is 0 Å². The molecule has 0 unspecified atom stereocenters. The summed E-state index contributed by atoms with van der Waals surface area (Å²) in [6.45, 7) is 1.38. The number of nitro benzene ring substituents is 1. The molecule has 0 saturated heterocycles. The van der Waals surface area contributed by atoms with Crippen LogP contribution in [0.1, 0.15) is 11.1 Å². The maximum absolute atomic E-state index is 12.6. The number of non-ortho nitro benzene ring substituents is 1. The Balaban J connectivity index is 2.43. The molecule has 0 atom stereocenters. The molecule has 2 aromatic carbocycles. The molecule has 6 nitrogen and oxygen atoms in total. The van der Waals surface area contributed by atoms with Gasteiger partial charge in [-0.1, -0.05) is 12.1 Å². The molecule has 2 rings (SSSR count). The number of halogens is 3. The van der Waals surface area contributed by atoms with E-state index in [0.29, 0.717) is 6.07 Å². The Bertz CT molecular complexity index is 894. The molecule has 0 saturated carbocycles. The Labute approximate surface area is 134 Å². The lowest BCUT2D eigenvalue weighted by Crippen LogP contribution is -2.12. The van der Waals surface area contributed by atoms with E-state index < -0.39 is 43.1 Å². The monoisotopic (exact) mass is 361 g/mol. The van der Waals surface area contributed by atoms with Crippen LogP contribution in [0.15, 0.2) is 47.4 Å². The first-order valence-corrected chi connectivity index (χ1v) is 7.78. The third-order valence-corrected chi connectivity index (χ3v) is 4.41. The summed E-state index contributed by atoms with van der Waals surface area (Å²) in [6, 6.07) is 6.44. The third kappa shape index (κ3) is 3.82. The van der Waals surface area contributed by atoms with Gasteiger partial charge in [-0.05, 0) is 30.7 Å². The zero-order valence-corrected chi connectivity index (χ0v) is 12.9. The van der Waals surface area contributed by atoms with Crippen molar-refractivity contribution in [1.29, 1.82) is 0 Å². The van der Waals surface area contributed by atoms with E-state index in [1.54, 1.807) is 0 Å². The van der Waals surface area contributed by atoms with Gasteiger partial charge in [0.05, 0.1) is 10.5 Å². The minimum Gasteiger partial charge on any atom is -0.379 e. The zero-order chi connectivity index (χ0) is 18.1. The van der Waals surface area contributed by atoms with Gasteiger partial charge in [-0.15, -0.1) is 0 Å². The van der Waals surface area contributed by atoms with Crippen molar-refractivity contribution >= 4 is 15.8 Å². The maximum atomic E-state index is 12.6. The van der Waals surface area contributed by atoms with Crippen LogP contribution in [0.25, 0.3) is 0 Å². The molecule has 2 aromatic rings. The molecule has 128 valence electrons. The fraction of sp³-hybridized carbons (Fsp3) is 0.143. The SMILES string of the molecule is Cc1ccc([N+](=O)[O-])cc1S(=O)(=O)Oc1cccc(C(F)(F)F)c1. The van der Waals surface area contributed by atoms with Crippen molar-refractivity contribution < 1.29 is 30.7 Å². The molecule has 0 bridgehead atoms. The van der Waals surface area contributed by atoms with Crippen LogP contribution in [0, 0.1) is 17.0 Å². The van der Waals surface area contributed by atoms with E-state index in [0.717, 1.165) is 30.3 Å². The highest BCUT2D eigenvalue weighted by atomic mass is 32.2. The lowest BCUT2D eigenvalue weighted by Gasteiger charge is -2.11. The predicted molar refractivity (Wildman–Crippen MR) is 77.1 cm³/mol. The lowest BCUT2D eigenvalue weighted by molar-refractivity contribution is -0.385. The summed E-state index contributed by atoms with van der Waals surface area (Å²) >= 11 is 0. The van der Waals surface area contributed by atoms with E-state index in [1.807, 2.05) is 0 Å². The quantitative estimate of drug-likeness (QED) is 0.471. The number of rotatable bonds is 4. The van der Waals surface area contributed by atoms with Crippen LogP contribution >= 0.6 is 0 Å². The summed E-state index contributed by atoms with van der Waals surface area (Å²) in [5, 5.41) is 10.7. The minimum absolute atomic E-state index is 0.160. The summed E-state index contributed by atoms with van der Waals surface area (Å²) in [4.78, 5) is 9.47. The molecule has 0 heterocycles. The fourth-order valence-electron chi connectivity index (χ4n) is 1.87. The average Bonchev–Trinajstić information content (AvgIpc) is 2.46. The Morgan fingerprint density at radius 1 is 1.12 bits per heavy atom. The number of aryl methyl sites for hydroxylation is 1. The molecular formula is C14H10F3NO5S. The molecular weight excluding hydrogens is 351 g/mol. The van der Waals surface area contributed by atoms with Crippen molar-refractivity contribution in [2.45, 2.75) is 18.0 Å². The number of benzene rings is 2. The summed E-state index contributed by atoms with van der Waals surface area (Å²) in [6.07, 6.45) is -4.66. The van der Waals surface area contributed by atoms with Gasteiger partial charge in [-0.25, -0.2) is 0 Å². The van der Waals surface area contributed by atoms with E-state index in [4.69, 9.17) is 0 Å². The van der Waals surface area contributed by atoms with Crippen molar-refractivity contribution in [2.24, 2.45) is 0 Å². The van der Waals surface area contributed by atoms with Crippen LogP contribution in [-0.4, -0.2) is 13.3 Å². The number of hydrogen-bond acceptors (Lipinski definition) is 5. The van der Waals surface area contributed by atoms with E-state index in [-0.39, 0.29) is 5.56 Å². The highest BCUT2D eigenvalue weighted by Gasteiger charge is 2.31. The first-order valence-electron chi connectivity index (χ1n) is 6.37. The third-order valence-electron chi connectivity index (χ3n) is 3.02. The van der Waals surface area contributed by atoms with Gasteiger partial charge in [-0.2, -0.15) is 21.6 Å². The normalized spacial score (nSPS) is 12.0. The molecule has 0 aliphatic rings. The van der Waals surface area contributed by atoms with Crippen LogP contribution in [0.3, 0.4) is 0 Å². The largest absolute Gasteiger partial charge is 0.416 e. The molecule has 0 aliphatic heterocycles. The van der Waals surface area contributed by atoms with Crippen molar-refractivity contribution in [3.8, 4) is 5.75 Å². The summed E-state index contributed by atoms with van der Waals surface area (Å²) < 4.78 is 67.1. The first kappa shape index (κ1) is 17.7. The van der Waals surface area contributed by atoms with Gasteiger partial charge in [0.1, 0.15) is 10.6 Å². The summed E-state index contributed by atoms with van der Waals surface area (Å²) in [7, 11) is -4.53. The second kappa shape index (κ2) is 6.11. The van der Waals surface area contributed by atoms with Crippen molar-refractivity contribution in [3.05, 3.63) is 63.7 Å². The van der Waals surface area contributed by atoms with Gasteiger partial charge >= 0.3 is 16.3 Å². The van der Waals surface area contributed by atoms with Crippen molar-refractivity contribution in [3.63, 3.8) is 0 Å². The molecule has 0 N–H and O–H groups in total. The van der Waals surface area contributed by atoms with Gasteiger partial charge in [0.25, 0.3) is 5.69 Å². The van der Waals surface area contributed by atoms with Crippen LogP contribution in [0.4, 0.5) is 18.9 Å². The second-order valence-corrected chi connectivity index (χ2v) is 6.28. The van der Waals surface area contributed by atoms with Gasteiger partial charge < -0.3 is 4.18 Å². The predicted octanol–water partition coefficient (Wildman–Crippen LogP) is 3.69. The standard InChI is InChI=1S/C14H10F3NO5S/c1-9-5-6-11(18(19)20)8-13(9)24(21,22)23-12-4-2-3-10(7-12)14(15,16)17/h2-8H,1H3. The van der Waals surface area contributed by atoms with E-state index in [1.165, 1.54) is 13.0 Å². The Hall–Kier alpha value is -2.62. The smallest absolute Gasteiger partial charge is 0.379 e. The molecule has 24 heavy (non-hydrogen) atoms. The number of nitro groups is 1. The zero-order valence-electron chi connectivity index (χ0n) is 12.1. The van der Waals surface area contributed by atoms with Crippen LogP contribution in [0.5, 0.6) is 5.75 Å². The van der Waals surface area contributed by atoms with Gasteiger partial charge in [0.2, 0.25) is 0 Å². The van der Waals surface area contributed by atoms with Crippen LogP contribution in [0.2, 0.25) is 0 Å². The fourth-order valence-corrected chi connectivity index (χ4v) is 3.04. The topological polar surface area (TPSA) is 86.5 Å². The van der Waals surface area contributed by atoms with E-state index in [9.17, 15) is 31.7 Å². The van der Waals surface area contributed by atoms with Crippen LogP contribution in [-0.2, 0) is 16.3 Å². The lowest BCUT2D eigenvalue weighted by atomic mass is 10.2. The first-order chi connectivity index (χ1) is 11.0. The van der Waals surface area contributed by atoms with Crippen molar-refractivity contribution in [1.82, 2.24) is 0 Å². The molecule has 0 aromatic heterocycles. The Morgan fingerprint density at radius 3 is 2.38 bits per heavy atom.